The Kier molecular flexibility index (Phi) is 4.35. The number of aryl methyl sites for hydroxylation is 1. The third-order valence-electron chi connectivity index (χ3n) is 4.10. The average molecular weight is 366 g/mol. The van der Waals surface area contributed by atoms with Crippen LogP contribution < -0.4 is 5.32 Å². The summed E-state index contributed by atoms with van der Waals surface area (Å²) in [6, 6.07) is 5.29. The van der Waals surface area contributed by atoms with Crippen molar-refractivity contribution in [3.8, 4) is 0 Å². The van der Waals surface area contributed by atoms with Crippen molar-refractivity contribution in [1.29, 1.82) is 0 Å². The molecule has 1 aliphatic heterocycles. The Hall–Kier alpha value is -1.08. The summed E-state index contributed by atoms with van der Waals surface area (Å²) in [5.41, 5.74) is -1.05. The molecular weight excluding hydrogens is 351 g/mol. The summed E-state index contributed by atoms with van der Waals surface area (Å²) in [6.07, 6.45) is -4.72. The maximum atomic E-state index is 13.3. The van der Waals surface area contributed by atoms with Gasteiger partial charge in [-0.1, -0.05) is 28.1 Å². The number of nitrogens with one attached hydrogen (secondary N) is 1. The zero-order chi connectivity index (χ0) is 15.8. The number of aliphatic carboxylic acids is 1. The highest BCUT2D eigenvalue weighted by Gasteiger charge is 2.66. The van der Waals surface area contributed by atoms with E-state index in [0.717, 1.165) is 10.0 Å². The fourth-order valence-corrected chi connectivity index (χ4v) is 3.19. The van der Waals surface area contributed by atoms with E-state index < -0.39 is 30.0 Å². The molecule has 1 aromatic rings. The molecule has 2 N–H and O–H groups in total. The summed E-state index contributed by atoms with van der Waals surface area (Å²) in [6.45, 7) is 1.34. The molecule has 0 aliphatic carbocycles. The van der Waals surface area contributed by atoms with Crippen LogP contribution in [0.4, 0.5) is 13.2 Å². The average Bonchev–Trinajstić information content (AvgIpc) is 2.78. The van der Waals surface area contributed by atoms with Gasteiger partial charge in [-0.25, -0.2) is 0 Å². The van der Waals surface area contributed by atoms with Crippen LogP contribution in [0.1, 0.15) is 11.1 Å². The molecule has 0 bridgehead atoms. The number of hydrogen-bond donors (Lipinski definition) is 2. The van der Waals surface area contributed by atoms with E-state index in [9.17, 15) is 23.1 Å². The number of alkyl halides is 3. The van der Waals surface area contributed by atoms with E-state index in [2.05, 4.69) is 21.2 Å². The van der Waals surface area contributed by atoms with Crippen molar-refractivity contribution in [2.75, 3.05) is 13.1 Å². The number of benzene rings is 1. The topological polar surface area (TPSA) is 49.3 Å². The number of carboxylic acid groups (broad SMARTS) is 1. The maximum absolute atomic E-state index is 13.3. The predicted octanol–water partition coefficient (Wildman–Crippen LogP) is 3.15. The van der Waals surface area contributed by atoms with Gasteiger partial charge in [0.25, 0.3) is 0 Å². The molecule has 1 heterocycles. The first-order valence-electron chi connectivity index (χ1n) is 6.44. The van der Waals surface area contributed by atoms with E-state index in [1.807, 2.05) is 6.92 Å². The lowest BCUT2D eigenvalue weighted by Gasteiger charge is -2.32. The molecule has 0 amide bonds. The van der Waals surface area contributed by atoms with Gasteiger partial charge in [0.1, 0.15) is 0 Å². The highest BCUT2D eigenvalue weighted by Crippen LogP contribution is 2.47. The van der Waals surface area contributed by atoms with Gasteiger partial charge in [0.2, 0.25) is 0 Å². The molecule has 1 aromatic carbocycles. The van der Waals surface area contributed by atoms with Crippen molar-refractivity contribution in [3.63, 3.8) is 0 Å². The van der Waals surface area contributed by atoms with Gasteiger partial charge >= 0.3 is 12.1 Å². The van der Waals surface area contributed by atoms with Gasteiger partial charge in [0, 0.05) is 16.9 Å². The van der Waals surface area contributed by atoms with Crippen LogP contribution >= 0.6 is 15.9 Å². The largest absolute Gasteiger partial charge is 0.481 e. The smallest absolute Gasteiger partial charge is 0.406 e. The summed E-state index contributed by atoms with van der Waals surface area (Å²) in [7, 11) is 0. The quantitative estimate of drug-likeness (QED) is 0.864. The van der Waals surface area contributed by atoms with E-state index >= 15 is 0 Å². The normalized spacial score (nSPS) is 26.0. The zero-order valence-electron chi connectivity index (χ0n) is 11.3. The van der Waals surface area contributed by atoms with Crippen LogP contribution in [-0.2, 0) is 11.2 Å². The number of hydrogen-bond acceptors (Lipinski definition) is 2. The molecule has 21 heavy (non-hydrogen) atoms. The van der Waals surface area contributed by atoms with Gasteiger partial charge in [0.15, 0.2) is 5.41 Å². The van der Waals surface area contributed by atoms with Crippen molar-refractivity contribution in [3.05, 3.63) is 33.8 Å². The first-order chi connectivity index (χ1) is 9.68. The summed E-state index contributed by atoms with van der Waals surface area (Å²) in [5, 5.41) is 11.8. The molecule has 3 nitrogen and oxygen atoms in total. The molecule has 0 saturated carbocycles. The minimum Gasteiger partial charge on any atom is -0.481 e. The van der Waals surface area contributed by atoms with Crippen LogP contribution in [0.15, 0.2) is 22.7 Å². The number of halogens is 4. The van der Waals surface area contributed by atoms with Gasteiger partial charge in [0.05, 0.1) is 0 Å². The second-order valence-corrected chi connectivity index (χ2v) is 6.24. The van der Waals surface area contributed by atoms with Crippen LogP contribution in [0.2, 0.25) is 0 Å². The molecule has 0 aromatic heterocycles. The molecule has 1 fully saturated rings. The Morgan fingerprint density at radius 1 is 1.52 bits per heavy atom. The second kappa shape index (κ2) is 5.61. The van der Waals surface area contributed by atoms with Crippen LogP contribution in [0.25, 0.3) is 0 Å². The van der Waals surface area contributed by atoms with Crippen molar-refractivity contribution in [1.82, 2.24) is 5.32 Å². The minimum absolute atomic E-state index is 0.0390. The minimum atomic E-state index is -4.78. The molecule has 1 saturated heterocycles. The molecule has 0 unspecified atom stereocenters. The molecule has 0 spiro atoms. The first kappa shape index (κ1) is 16.3. The van der Waals surface area contributed by atoms with Gasteiger partial charge < -0.3 is 10.4 Å². The highest BCUT2D eigenvalue weighted by atomic mass is 79.9. The Bertz CT molecular complexity index is 562. The summed E-state index contributed by atoms with van der Waals surface area (Å²) >= 11 is 3.34. The third-order valence-corrected chi connectivity index (χ3v) is 4.95. The fourth-order valence-electron chi connectivity index (χ4n) is 2.76. The molecule has 1 aliphatic rings. The number of carbonyl (C=O) groups is 1. The fraction of sp³-hybridized carbons (Fsp3) is 0.500. The monoisotopic (exact) mass is 365 g/mol. The van der Waals surface area contributed by atoms with Gasteiger partial charge in [-0.05, 0) is 37.1 Å². The molecular formula is C14H15BrF3NO2. The highest BCUT2D eigenvalue weighted by molar-refractivity contribution is 9.10. The SMILES string of the molecule is Cc1ccc(C[C@H]2CNC[C@]2(C(=O)O)C(F)(F)F)cc1Br. The Morgan fingerprint density at radius 3 is 2.71 bits per heavy atom. The Morgan fingerprint density at radius 2 is 2.19 bits per heavy atom. The van der Waals surface area contributed by atoms with Crippen molar-refractivity contribution in [2.45, 2.75) is 19.5 Å². The van der Waals surface area contributed by atoms with Gasteiger partial charge in [-0.3, -0.25) is 4.79 Å². The van der Waals surface area contributed by atoms with Crippen LogP contribution in [0, 0.1) is 18.3 Å². The van der Waals surface area contributed by atoms with E-state index in [4.69, 9.17) is 0 Å². The predicted molar refractivity (Wildman–Crippen MR) is 75.1 cm³/mol. The first-order valence-corrected chi connectivity index (χ1v) is 7.23. The van der Waals surface area contributed by atoms with Crippen LogP contribution in [0.5, 0.6) is 0 Å². The standard InChI is InChI=1S/C14H15BrF3NO2/c1-8-2-3-9(5-11(8)15)4-10-6-19-7-13(10,12(20)21)14(16,17)18/h2-3,5,10,19H,4,6-7H2,1H3,(H,20,21)/t10-,13-/m0/s1. The summed E-state index contributed by atoms with van der Waals surface area (Å²) in [4.78, 5) is 11.3. The second-order valence-electron chi connectivity index (χ2n) is 5.39. The third kappa shape index (κ3) is 2.81. The summed E-state index contributed by atoms with van der Waals surface area (Å²) < 4.78 is 40.8. The molecule has 2 atom stereocenters. The number of carboxylic acids is 1. The van der Waals surface area contributed by atoms with Gasteiger partial charge in [-0.2, -0.15) is 13.2 Å². The molecule has 0 radical (unpaired) electrons. The molecule has 2 rings (SSSR count). The lowest BCUT2D eigenvalue weighted by molar-refractivity contribution is -0.236. The van der Waals surface area contributed by atoms with Crippen molar-refractivity contribution >= 4 is 21.9 Å². The van der Waals surface area contributed by atoms with Gasteiger partial charge in [-0.15, -0.1) is 0 Å². The molecule has 7 heteroatoms. The Labute approximate surface area is 128 Å². The number of rotatable bonds is 3. The van der Waals surface area contributed by atoms with E-state index in [0.29, 0.717) is 5.56 Å². The maximum Gasteiger partial charge on any atom is 0.406 e. The van der Waals surface area contributed by atoms with E-state index in [1.54, 1.807) is 18.2 Å². The van der Waals surface area contributed by atoms with Crippen molar-refractivity contribution < 1.29 is 23.1 Å². The zero-order valence-corrected chi connectivity index (χ0v) is 12.9. The summed E-state index contributed by atoms with van der Waals surface area (Å²) in [5.74, 6) is -2.83. The Balaban J connectivity index is 2.33. The van der Waals surface area contributed by atoms with E-state index in [-0.39, 0.29) is 13.0 Å². The lowest BCUT2D eigenvalue weighted by atomic mass is 9.74. The molecule has 116 valence electrons. The lowest BCUT2D eigenvalue weighted by Crippen LogP contribution is -2.51. The van der Waals surface area contributed by atoms with Crippen LogP contribution in [-0.4, -0.2) is 30.3 Å². The van der Waals surface area contributed by atoms with Crippen molar-refractivity contribution in [2.24, 2.45) is 11.3 Å². The van der Waals surface area contributed by atoms with Crippen LogP contribution in [0.3, 0.4) is 0 Å². The van der Waals surface area contributed by atoms with E-state index in [1.165, 1.54) is 0 Å².